The molecule has 1 N–H and O–H groups in total. The van der Waals surface area contributed by atoms with E-state index in [1.807, 2.05) is 30.3 Å². The summed E-state index contributed by atoms with van der Waals surface area (Å²) in [6.07, 6.45) is -0.680. The number of carboxylic acid groups (broad SMARTS) is 1. The van der Waals surface area contributed by atoms with Gasteiger partial charge in [-0.15, -0.1) is 0 Å². The van der Waals surface area contributed by atoms with Gasteiger partial charge in [0, 0.05) is 12.8 Å². The number of rotatable bonds is 5. The number of carbonyl (C=O) groups is 2. The molecule has 0 unspecified atom stereocenters. The number of hydrogen-bond donors (Lipinski definition) is 2. The Kier molecular flexibility index (Phi) is 5.51. The lowest BCUT2D eigenvalue weighted by Gasteiger charge is -2.22. The van der Waals surface area contributed by atoms with Crippen LogP contribution in [0.4, 0.5) is 4.79 Å². The number of amides is 1. The van der Waals surface area contributed by atoms with Gasteiger partial charge >= 0.3 is 12.1 Å². The average Bonchev–Trinajstić information content (AvgIpc) is 2.37. The van der Waals surface area contributed by atoms with Gasteiger partial charge in [0.1, 0.15) is 12.6 Å². The van der Waals surface area contributed by atoms with Crippen LogP contribution in [0.1, 0.15) is 5.56 Å². The van der Waals surface area contributed by atoms with Crippen LogP contribution in [0.25, 0.3) is 0 Å². The van der Waals surface area contributed by atoms with Gasteiger partial charge in [0.05, 0.1) is 0 Å². The summed E-state index contributed by atoms with van der Waals surface area (Å²) >= 11 is 3.90. The van der Waals surface area contributed by atoms with E-state index in [1.165, 1.54) is 7.05 Å². The normalized spacial score (nSPS) is 11.7. The van der Waals surface area contributed by atoms with Crippen molar-refractivity contribution in [2.45, 2.75) is 12.6 Å². The van der Waals surface area contributed by atoms with Gasteiger partial charge in [-0.2, -0.15) is 12.6 Å². The zero-order valence-corrected chi connectivity index (χ0v) is 10.8. The van der Waals surface area contributed by atoms with E-state index in [2.05, 4.69) is 12.6 Å². The second-order valence-corrected chi connectivity index (χ2v) is 4.05. The molecule has 98 valence electrons. The van der Waals surface area contributed by atoms with Crippen molar-refractivity contribution in [1.29, 1.82) is 0 Å². The summed E-state index contributed by atoms with van der Waals surface area (Å²) in [5, 5.41) is 8.88. The lowest BCUT2D eigenvalue weighted by atomic mass is 10.2. The third-order valence-corrected chi connectivity index (χ3v) is 2.76. The van der Waals surface area contributed by atoms with Crippen LogP contribution in [0.2, 0.25) is 0 Å². The van der Waals surface area contributed by atoms with Crippen molar-refractivity contribution in [2.24, 2.45) is 0 Å². The fraction of sp³-hybridized carbons (Fsp3) is 0.333. The van der Waals surface area contributed by atoms with Crippen LogP contribution >= 0.6 is 12.6 Å². The molecule has 1 atom stereocenters. The minimum absolute atomic E-state index is 0.0340. The predicted molar refractivity (Wildman–Crippen MR) is 69.7 cm³/mol. The van der Waals surface area contributed by atoms with E-state index >= 15 is 0 Å². The molecule has 0 saturated carbocycles. The highest BCUT2D eigenvalue weighted by molar-refractivity contribution is 7.80. The lowest BCUT2D eigenvalue weighted by Crippen LogP contribution is -2.43. The first-order chi connectivity index (χ1) is 8.56. The molecule has 0 radical (unpaired) electrons. The maximum absolute atomic E-state index is 11.6. The molecule has 0 bridgehead atoms. The largest absolute Gasteiger partial charge is 0.480 e. The van der Waals surface area contributed by atoms with Crippen LogP contribution in [0.5, 0.6) is 0 Å². The lowest BCUT2D eigenvalue weighted by molar-refractivity contribution is -0.141. The van der Waals surface area contributed by atoms with E-state index in [0.29, 0.717) is 0 Å². The zero-order chi connectivity index (χ0) is 13.5. The zero-order valence-electron chi connectivity index (χ0n) is 9.94. The third kappa shape index (κ3) is 3.96. The van der Waals surface area contributed by atoms with Crippen molar-refractivity contribution in [3.63, 3.8) is 0 Å². The molecule has 0 aliphatic heterocycles. The van der Waals surface area contributed by atoms with Crippen LogP contribution < -0.4 is 0 Å². The Morgan fingerprint density at radius 1 is 1.39 bits per heavy atom. The van der Waals surface area contributed by atoms with Gasteiger partial charge in [0.15, 0.2) is 0 Å². The Labute approximate surface area is 111 Å². The van der Waals surface area contributed by atoms with E-state index in [9.17, 15) is 9.59 Å². The number of benzene rings is 1. The minimum Gasteiger partial charge on any atom is -0.480 e. The third-order valence-electron chi connectivity index (χ3n) is 2.42. The summed E-state index contributed by atoms with van der Waals surface area (Å²) in [5.41, 5.74) is 0.844. The summed E-state index contributed by atoms with van der Waals surface area (Å²) in [7, 11) is 1.38. The average molecular weight is 269 g/mol. The molecule has 1 aromatic carbocycles. The first-order valence-electron chi connectivity index (χ1n) is 5.33. The van der Waals surface area contributed by atoms with Crippen LogP contribution in [0, 0.1) is 0 Å². The highest BCUT2D eigenvalue weighted by Crippen LogP contribution is 2.06. The van der Waals surface area contributed by atoms with Crippen molar-refractivity contribution in [1.82, 2.24) is 4.90 Å². The number of thiol groups is 1. The maximum Gasteiger partial charge on any atom is 0.410 e. The Morgan fingerprint density at radius 2 is 2.00 bits per heavy atom. The summed E-state index contributed by atoms with van der Waals surface area (Å²) in [4.78, 5) is 23.5. The smallest absolute Gasteiger partial charge is 0.410 e. The van der Waals surface area contributed by atoms with Crippen molar-refractivity contribution in [3.05, 3.63) is 35.9 Å². The monoisotopic (exact) mass is 269 g/mol. The highest BCUT2D eigenvalue weighted by atomic mass is 32.1. The molecule has 0 heterocycles. The molecule has 1 aromatic rings. The Balaban J connectivity index is 2.52. The molecule has 18 heavy (non-hydrogen) atoms. The fourth-order valence-electron chi connectivity index (χ4n) is 1.31. The van der Waals surface area contributed by atoms with Gasteiger partial charge < -0.3 is 9.84 Å². The SMILES string of the molecule is CN(C(=O)OCc1ccccc1)[C@H](CS)C(=O)O. The minimum atomic E-state index is -1.11. The quantitative estimate of drug-likeness (QED) is 0.797. The summed E-state index contributed by atoms with van der Waals surface area (Å²) < 4.78 is 5.01. The first-order valence-corrected chi connectivity index (χ1v) is 5.96. The standard InChI is InChI=1S/C12H15NO4S/c1-13(10(8-18)11(14)15)12(16)17-7-9-5-3-2-4-6-9/h2-6,10,18H,7-8H2,1H3,(H,14,15)/t10-/m1/s1. The van der Waals surface area contributed by atoms with Gasteiger partial charge in [-0.1, -0.05) is 30.3 Å². The molecule has 6 heteroatoms. The Bertz CT molecular complexity index is 410. The number of hydrogen-bond acceptors (Lipinski definition) is 4. The van der Waals surface area contributed by atoms with E-state index in [0.717, 1.165) is 10.5 Å². The van der Waals surface area contributed by atoms with Gasteiger partial charge in [0.2, 0.25) is 0 Å². The van der Waals surface area contributed by atoms with Gasteiger partial charge in [-0.05, 0) is 5.56 Å². The van der Waals surface area contributed by atoms with Crippen LogP contribution in [-0.2, 0) is 16.1 Å². The molecule has 0 aliphatic rings. The summed E-state index contributed by atoms with van der Waals surface area (Å²) in [5.74, 6) is -1.07. The summed E-state index contributed by atoms with van der Waals surface area (Å²) in [6.45, 7) is 0.114. The van der Waals surface area contributed by atoms with Crippen molar-refractivity contribution in [3.8, 4) is 0 Å². The van der Waals surface area contributed by atoms with Crippen LogP contribution in [0.3, 0.4) is 0 Å². The van der Waals surface area contributed by atoms with Crippen LogP contribution in [0.15, 0.2) is 30.3 Å². The Morgan fingerprint density at radius 3 is 2.50 bits per heavy atom. The van der Waals surface area contributed by atoms with E-state index < -0.39 is 18.1 Å². The number of likely N-dealkylation sites (N-methyl/N-ethyl adjacent to an activating group) is 1. The predicted octanol–water partition coefficient (Wildman–Crippen LogP) is 1.64. The van der Waals surface area contributed by atoms with Crippen molar-refractivity contribution in [2.75, 3.05) is 12.8 Å². The van der Waals surface area contributed by atoms with Gasteiger partial charge in [-0.25, -0.2) is 9.59 Å². The Hall–Kier alpha value is -1.69. The van der Waals surface area contributed by atoms with E-state index in [4.69, 9.17) is 9.84 Å². The molecule has 5 nitrogen and oxygen atoms in total. The number of carbonyl (C=O) groups excluding carboxylic acids is 1. The van der Waals surface area contributed by atoms with E-state index in [1.54, 1.807) is 0 Å². The van der Waals surface area contributed by atoms with E-state index in [-0.39, 0.29) is 12.4 Å². The number of aliphatic carboxylic acids is 1. The van der Waals surface area contributed by atoms with Crippen LogP contribution in [-0.4, -0.2) is 40.9 Å². The van der Waals surface area contributed by atoms with Gasteiger partial charge in [0.25, 0.3) is 0 Å². The van der Waals surface area contributed by atoms with Gasteiger partial charge in [-0.3, -0.25) is 4.90 Å². The number of nitrogens with zero attached hydrogens (tertiary/aromatic N) is 1. The molecule has 0 aliphatic carbocycles. The fourth-order valence-corrected chi connectivity index (χ4v) is 1.72. The van der Waals surface area contributed by atoms with Crippen molar-refractivity contribution < 1.29 is 19.4 Å². The molecule has 1 amide bonds. The molecule has 0 spiro atoms. The second kappa shape index (κ2) is 6.90. The number of carboxylic acids is 1. The molecule has 0 saturated heterocycles. The topological polar surface area (TPSA) is 66.8 Å². The molecule has 0 aromatic heterocycles. The second-order valence-electron chi connectivity index (χ2n) is 3.69. The molecule has 0 fully saturated rings. The number of ether oxygens (including phenoxy) is 1. The highest BCUT2D eigenvalue weighted by Gasteiger charge is 2.26. The first kappa shape index (κ1) is 14.4. The molecule has 1 rings (SSSR count). The summed E-state index contributed by atoms with van der Waals surface area (Å²) in [6, 6.07) is 8.18. The molecular weight excluding hydrogens is 254 g/mol. The maximum atomic E-state index is 11.6. The van der Waals surface area contributed by atoms with Crippen molar-refractivity contribution >= 4 is 24.7 Å². The molecular formula is C12H15NO4S.